The molecule has 7 heteroatoms. The molecule has 2 rings (SSSR count). The van der Waals surface area contributed by atoms with Crippen molar-refractivity contribution in [3.63, 3.8) is 0 Å². The molecular formula is C19H26N2O5. The monoisotopic (exact) mass is 362 g/mol. The summed E-state index contributed by atoms with van der Waals surface area (Å²) in [4.78, 5) is 26.7. The maximum absolute atomic E-state index is 12.7. The van der Waals surface area contributed by atoms with E-state index in [2.05, 4.69) is 0 Å². The molecule has 0 saturated heterocycles. The van der Waals surface area contributed by atoms with E-state index in [0.717, 1.165) is 0 Å². The highest BCUT2D eigenvalue weighted by Crippen LogP contribution is 2.35. The van der Waals surface area contributed by atoms with E-state index in [4.69, 9.17) is 14.2 Å². The second-order valence-corrected chi connectivity index (χ2v) is 6.94. The van der Waals surface area contributed by atoms with Crippen LogP contribution in [0.1, 0.15) is 27.7 Å². The van der Waals surface area contributed by atoms with Crippen LogP contribution in [0, 0.1) is 0 Å². The van der Waals surface area contributed by atoms with Gasteiger partial charge in [-0.05, 0) is 39.8 Å². The summed E-state index contributed by atoms with van der Waals surface area (Å²) in [7, 11) is 4.68. The molecule has 0 atom stereocenters. The van der Waals surface area contributed by atoms with Crippen LogP contribution in [0.2, 0.25) is 0 Å². The molecule has 1 amide bonds. The van der Waals surface area contributed by atoms with E-state index in [1.165, 1.54) is 23.7 Å². The van der Waals surface area contributed by atoms with Crippen LogP contribution in [0.3, 0.4) is 0 Å². The van der Waals surface area contributed by atoms with Gasteiger partial charge < -0.3 is 23.7 Å². The lowest BCUT2D eigenvalue weighted by molar-refractivity contribution is 0.124. The molecule has 26 heavy (non-hydrogen) atoms. The number of nitrogens with zero attached hydrogens (tertiary/aromatic N) is 2. The number of pyridine rings is 1. The number of aromatic nitrogens is 1. The van der Waals surface area contributed by atoms with Crippen LogP contribution in [0.5, 0.6) is 17.2 Å². The highest BCUT2D eigenvalue weighted by Gasteiger charge is 2.25. The van der Waals surface area contributed by atoms with Crippen LogP contribution in [-0.2, 0) is 6.54 Å². The Bertz CT molecular complexity index is 880. The van der Waals surface area contributed by atoms with Crippen molar-refractivity contribution >= 4 is 16.9 Å². The number of benzene rings is 1. The topological polar surface area (TPSA) is 70.0 Å². The van der Waals surface area contributed by atoms with E-state index in [1.54, 1.807) is 25.4 Å². The Morgan fingerprint density at radius 2 is 1.62 bits per heavy atom. The van der Waals surface area contributed by atoms with Crippen LogP contribution < -0.4 is 19.8 Å². The molecule has 1 aromatic carbocycles. The van der Waals surface area contributed by atoms with Gasteiger partial charge in [-0.3, -0.25) is 4.79 Å². The summed E-state index contributed by atoms with van der Waals surface area (Å²) in [6.07, 6.45) is 1.04. The Labute approximate surface area is 153 Å². The zero-order valence-corrected chi connectivity index (χ0v) is 16.4. The first-order chi connectivity index (χ1) is 12.1. The van der Waals surface area contributed by atoms with E-state index >= 15 is 0 Å². The molecule has 0 unspecified atom stereocenters. The SMILES string of the molecule is CCn1cc(OC(=O)N(C)C(C)(C)C)c2cc(OC)c(OC)cc2c1=O. The number of carbonyl (C=O) groups excluding carboxylic acids is 1. The molecule has 0 spiro atoms. The summed E-state index contributed by atoms with van der Waals surface area (Å²) in [5.41, 5.74) is -0.583. The van der Waals surface area contributed by atoms with Gasteiger partial charge in [0.1, 0.15) is 0 Å². The molecule has 0 bridgehead atoms. The van der Waals surface area contributed by atoms with Gasteiger partial charge in [0.25, 0.3) is 5.56 Å². The standard InChI is InChI=1S/C19H26N2O5/c1-8-21-11-16(26-18(23)20(5)19(2,3)4)12-9-14(24-6)15(25-7)10-13(12)17(21)22/h9-11H,8H2,1-7H3. The zero-order chi connectivity index (χ0) is 19.6. The van der Waals surface area contributed by atoms with Crippen LogP contribution in [0.25, 0.3) is 10.8 Å². The number of aryl methyl sites for hydroxylation is 1. The first-order valence-electron chi connectivity index (χ1n) is 8.38. The highest BCUT2D eigenvalue weighted by atomic mass is 16.6. The molecule has 0 aliphatic heterocycles. The number of methoxy groups -OCH3 is 2. The molecule has 0 radical (unpaired) electrons. The van der Waals surface area contributed by atoms with E-state index < -0.39 is 11.6 Å². The molecule has 0 aliphatic carbocycles. The van der Waals surface area contributed by atoms with Gasteiger partial charge in [0, 0.05) is 24.5 Å². The van der Waals surface area contributed by atoms with Crippen molar-refractivity contribution in [2.75, 3.05) is 21.3 Å². The lowest BCUT2D eigenvalue weighted by atomic mass is 10.1. The third kappa shape index (κ3) is 3.61. The Hall–Kier alpha value is -2.70. The van der Waals surface area contributed by atoms with Gasteiger partial charge in [-0.2, -0.15) is 0 Å². The average molecular weight is 362 g/mol. The van der Waals surface area contributed by atoms with Crippen molar-refractivity contribution in [1.82, 2.24) is 9.47 Å². The molecule has 7 nitrogen and oxygen atoms in total. The number of fused-ring (bicyclic) bond motifs is 1. The Morgan fingerprint density at radius 3 is 2.08 bits per heavy atom. The van der Waals surface area contributed by atoms with Crippen molar-refractivity contribution in [2.24, 2.45) is 0 Å². The van der Waals surface area contributed by atoms with E-state index in [1.807, 2.05) is 27.7 Å². The minimum atomic E-state index is -0.505. The third-order valence-electron chi connectivity index (χ3n) is 4.37. The predicted octanol–water partition coefficient (Wildman–Crippen LogP) is 3.27. The number of ether oxygens (including phenoxy) is 3. The molecule has 2 aromatic rings. The van der Waals surface area contributed by atoms with Crippen LogP contribution in [0.4, 0.5) is 4.79 Å². The van der Waals surface area contributed by atoms with Crippen molar-refractivity contribution in [3.05, 3.63) is 28.7 Å². The number of rotatable bonds is 4. The van der Waals surface area contributed by atoms with Crippen molar-refractivity contribution < 1.29 is 19.0 Å². The lowest BCUT2D eigenvalue weighted by Crippen LogP contribution is -2.44. The zero-order valence-electron chi connectivity index (χ0n) is 16.4. The minimum absolute atomic E-state index is 0.188. The van der Waals surface area contributed by atoms with Crippen LogP contribution >= 0.6 is 0 Å². The van der Waals surface area contributed by atoms with Crippen molar-refractivity contribution in [3.8, 4) is 17.2 Å². The molecule has 0 saturated carbocycles. The number of hydrogen-bond acceptors (Lipinski definition) is 5. The second kappa shape index (κ2) is 7.27. The Balaban J connectivity index is 2.66. The highest BCUT2D eigenvalue weighted by molar-refractivity contribution is 5.92. The average Bonchev–Trinajstić information content (AvgIpc) is 2.61. The van der Waals surface area contributed by atoms with E-state index in [-0.39, 0.29) is 5.56 Å². The van der Waals surface area contributed by atoms with Crippen molar-refractivity contribution in [1.29, 1.82) is 0 Å². The van der Waals surface area contributed by atoms with Crippen LogP contribution in [0.15, 0.2) is 23.1 Å². The van der Waals surface area contributed by atoms with E-state index in [0.29, 0.717) is 34.6 Å². The van der Waals surface area contributed by atoms with E-state index in [9.17, 15) is 9.59 Å². The fraction of sp³-hybridized carbons (Fsp3) is 0.474. The van der Waals surface area contributed by atoms with Gasteiger partial charge in [0.15, 0.2) is 17.2 Å². The fourth-order valence-corrected chi connectivity index (χ4v) is 2.44. The number of hydrogen-bond donors (Lipinski definition) is 0. The molecule has 142 valence electrons. The van der Waals surface area contributed by atoms with Gasteiger partial charge in [-0.1, -0.05) is 0 Å². The summed E-state index contributed by atoms with van der Waals surface area (Å²) < 4.78 is 17.7. The first kappa shape index (κ1) is 19.6. The second-order valence-electron chi connectivity index (χ2n) is 6.94. The van der Waals surface area contributed by atoms with Gasteiger partial charge >= 0.3 is 6.09 Å². The molecule has 0 aliphatic rings. The molecule has 0 N–H and O–H groups in total. The summed E-state index contributed by atoms with van der Waals surface area (Å²) >= 11 is 0. The van der Waals surface area contributed by atoms with Crippen LogP contribution in [-0.4, -0.2) is 42.4 Å². The van der Waals surface area contributed by atoms with Crippen molar-refractivity contribution in [2.45, 2.75) is 39.8 Å². The number of amides is 1. The first-order valence-corrected chi connectivity index (χ1v) is 8.38. The maximum Gasteiger partial charge on any atom is 0.415 e. The lowest BCUT2D eigenvalue weighted by Gasteiger charge is -2.31. The summed E-state index contributed by atoms with van der Waals surface area (Å²) in [5.74, 6) is 1.19. The summed E-state index contributed by atoms with van der Waals surface area (Å²) in [6, 6.07) is 3.25. The number of carbonyl (C=O) groups is 1. The molecule has 1 aromatic heterocycles. The molecular weight excluding hydrogens is 336 g/mol. The normalized spacial score (nSPS) is 11.3. The Morgan fingerprint density at radius 1 is 1.08 bits per heavy atom. The van der Waals surface area contributed by atoms with Gasteiger partial charge in [0.05, 0.1) is 25.8 Å². The molecule has 1 heterocycles. The predicted molar refractivity (Wildman–Crippen MR) is 101 cm³/mol. The van der Waals surface area contributed by atoms with Gasteiger partial charge in [0.2, 0.25) is 0 Å². The summed E-state index contributed by atoms with van der Waals surface area (Å²) in [6.45, 7) is 8.03. The summed E-state index contributed by atoms with van der Waals surface area (Å²) in [5, 5.41) is 0.890. The van der Waals surface area contributed by atoms with Gasteiger partial charge in [-0.25, -0.2) is 4.79 Å². The Kier molecular flexibility index (Phi) is 5.49. The maximum atomic E-state index is 12.7. The van der Waals surface area contributed by atoms with Gasteiger partial charge in [-0.15, -0.1) is 0 Å². The quantitative estimate of drug-likeness (QED) is 0.835. The minimum Gasteiger partial charge on any atom is -0.493 e. The molecule has 0 fully saturated rings. The fourth-order valence-electron chi connectivity index (χ4n) is 2.44. The third-order valence-corrected chi connectivity index (χ3v) is 4.37. The largest absolute Gasteiger partial charge is 0.493 e. The smallest absolute Gasteiger partial charge is 0.415 e.